The zero-order valence-electron chi connectivity index (χ0n) is 21.2. The van der Waals surface area contributed by atoms with Gasteiger partial charge in [-0.1, -0.05) is 60.7 Å². The van der Waals surface area contributed by atoms with Gasteiger partial charge in [0.25, 0.3) is 5.92 Å². The summed E-state index contributed by atoms with van der Waals surface area (Å²) in [7, 11) is 3.20. The van der Waals surface area contributed by atoms with Crippen LogP contribution in [0.25, 0.3) is 0 Å². The topological polar surface area (TPSA) is 59.6 Å². The van der Waals surface area contributed by atoms with Gasteiger partial charge >= 0.3 is 0 Å². The third-order valence-electron chi connectivity index (χ3n) is 6.08. The molecule has 0 aliphatic heterocycles. The maximum Gasteiger partial charge on any atom is 0.270 e. The molecule has 0 bridgehead atoms. The minimum absolute atomic E-state index is 0.0130. The summed E-state index contributed by atoms with van der Waals surface area (Å²) in [6.45, 7) is 3.31. The Labute approximate surface area is 211 Å². The monoisotopic (exact) mass is 496 g/mol. The van der Waals surface area contributed by atoms with Crippen molar-refractivity contribution >= 4 is 5.91 Å². The van der Waals surface area contributed by atoms with Gasteiger partial charge in [-0.25, -0.2) is 8.78 Å². The first-order valence-corrected chi connectivity index (χ1v) is 12.1. The maximum absolute atomic E-state index is 13.6. The Morgan fingerprint density at radius 2 is 1.67 bits per heavy atom. The third kappa shape index (κ3) is 7.04. The number of likely N-dealkylation sites (N-methyl/N-ethyl adjacent to an activating group) is 1. The SMILES string of the molecule is CCOc1ccc(C(CCc2ccc(C(C)(F)F)cc2)N[C@H](C(=O)NC)c2ccccc2)cc1OC. The van der Waals surface area contributed by atoms with Crippen LogP contribution < -0.4 is 20.1 Å². The third-order valence-corrected chi connectivity index (χ3v) is 6.08. The summed E-state index contributed by atoms with van der Waals surface area (Å²) in [4.78, 5) is 12.9. The van der Waals surface area contributed by atoms with Crippen LogP contribution in [-0.4, -0.2) is 26.7 Å². The van der Waals surface area contributed by atoms with Crippen molar-refractivity contribution in [1.82, 2.24) is 10.6 Å². The minimum atomic E-state index is -2.88. The number of hydrogen-bond donors (Lipinski definition) is 2. The highest BCUT2D eigenvalue weighted by Gasteiger charge is 2.26. The zero-order chi connectivity index (χ0) is 26.1. The Bertz CT molecular complexity index is 1120. The molecule has 1 amide bonds. The summed E-state index contributed by atoms with van der Waals surface area (Å²) >= 11 is 0. The predicted octanol–water partition coefficient (Wildman–Crippen LogP) is 5.96. The largest absolute Gasteiger partial charge is 0.493 e. The van der Waals surface area contributed by atoms with E-state index in [2.05, 4.69) is 10.6 Å². The van der Waals surface area contributed by atoms with Crippen LogP contribution in [-0.2, 0) is 17.1 Å². The fourth-order valence-corrected chi connectivity index (χ4v) is 4.11. The number of carbonyl (C=O) groups is 1. The predicted molar refractivity (Wildman–Crippen MR) is 138 cm³/mol. The van der Waals surface area contributed by atoms with Crippen molar-refractivity contribution in [2.24, 2.45) is 0 Å². The molecule has 0 saturated heterocycles. The highest BCUT2D eigenvalue weighted by Crippen LogP contribution is 2.33. The van der Waals surface area contributed by atoms with Crippen molar-refractivity contribution in [3.8, 4) is 11.5 Å². The van der Waals surface area contributed by atoms with Gasteiger partial charge in [0.1, 0.15) is 6.04 Å². The molecule has 0 spiro atoms. The van der Waals surface area contributed by atoms with Gasteiger partial charge in [0.15, 0.2) is 11.5 Å². The van der Waals surface area contributed by atoms with E-state index in [1.54, 1.807) is 26.3 Å². The van der Waals surface area contributed by atoms with Gasteiger partial charge in [0, 0.05) is 25.6 Å². The molecule has 0 aromatic heterocycles. The van der Waals surface area contributed by atoms with Crippen LogP contribution in [0.3, 0.4) is 0 Å². The van der Waals surface area contributed by atoms with Crippen molar-refractivity contribution in [2.75, 3.05) is 20.8 Å². The van der Waals surface area contributed by atoms with Gasteiger partial charge in [-0.05, 0) is 48.6 Å². The van der Waals surface area contributed by atoms with E-state index in [-0.39, 0.29) is 17.5 Å². The van der Waals surface area contributed by atoms with E-state index in [9.17, 15) is 13.6 Å². The average molecular weight is 497 g/mol. The van der Waals surface area contributed by atoms with E-state index in [1.807, 2.05) is 55.5 Å². The van der Waals surface area contributed by atoms with Crippen LogP contribution in [0.2, 0.25) is 0 Å². The number of carbonyl (C=O) groups excluding carboxylic acids is 1. The van der Waals surface area contributed by atoms with E-state index in [1.165, 1.54) is 12.1 Å². The molecular weight excluding hydrogens is 462 g/mol. The Hall–Kier alpha value is -3.45. The lowest BCUT2D eigenvalue weighted by atomic mass is 9.95. The standard InChI is InChI=1S/C29H34F2N2O3/c1-5-36-25-18-14-22(19-26(25)35-4)24(17-13-20-11-15-23(16-12-20)29(2,30)31)33-27(28(34)32-3)21-9-7-6-8-10-21/h6-12,14-16,18-19,24,27,33H,5,13,17H2,1-4H3,(H,32,34)/t24?,27-/m0/s1. The smallest absolute Gasteiger partial charge is 0.270 e. The number of hydrogen-bond acceptors (Lipinski definition) is 4. The van der Waals surface area contributed by atoms with E-state index < -0.39 is 12.0 Å². The molecular formula is C29H34F2N2O3. The van der Waals surface area contributed by atoms with Crippen molar-refractivity contribution in [3.63, 3.8) is 0 Å². The Morgan fingerprint density at radius 1 is 0.972 bits per heavy atom. The fraction of sp³-hybridized carbons (Fsp3) is 0.345. The van der Waals surface area contributed by atoms with Crippen molar-refractivity contribution in [3.05, 3.63) is 95.1 Å². The number of alkyl halides is 2. The Kier molecular flexibility index (Phi) is 9.42. The molecule has 1 unspecified atom stereocenters. The number of rotatable bonds is 12. The van der Waals surface area contributed by atoms with Crippen LogP contribution in [0.1, 0.15) is 54.6 Å². The molecule has 0 aliphatic carbocycles. The highest BCUT2D eigenvalue weighted by atomic mass is 19.3. The lowest BCUT2D eigenvalue weighted by Crippen LogP contribution is -2.38. The maximum atomic E-state index is 13.6. The Balaban J connectivity index is 1.92. The van der Waals surface area contributed by atoms with Gasteiger partial charge in [0.05, 0.1) is 13.7 Å². The minimum Gasteiger partial charge on any atom is -0.493 e. The number of amides is 1. The summed E-state index contributed by atoms with van der Waals surface area (Å²) in [5.74, 6) is -1.78. The molecule has 0 radical (unpaired) electrons. The number of benzene rings is 3. The lowest BCUT2D eigenvalue weighted by molar-refractivity contribution is -0.123. The molecule has 0 saturated carbocycles. The Morgan fingerprint density at radius 3 is 2.25 bits per heavy atom. The molecule has 7 heteroatoms. The number of ether oxygens (including phenoxy) is 2. The second-order valence-electron chi connectivity index (χ2n) is 8.64. The van der Waals surface area contributed by atoms with E-state index in [0.717, 1.165) is 23.6 Å². The van der Waals surface area contributed by atoms with Gasteiger partial charge in [-0.15, -0.1) is 0 Å². The van der Waals surface area contributed by atoms with Crippen molar-refractivity contribution < 1.29 is 23.0 Å². The van der Waals surface area contributed by atoms with Gasteiger partial charge in [-0.2, -0.15) is 0 Å². The normalized spacial score (nSPS) is 13.1. The van der Waals surface area contributed by atoms with Gasteiger partial charge in [0.2, 0.25) is 5.91 Å². The number of aryl methyl sites for hydroxylation is 1. The summed E-state index contributed by atoms with van der Waals surface area (Å²) in [5, 5.41) is 6.26. The lowest BCUT2D eigenvalue weighted by Gasteiger charge is -2.26. The molecule has 0 fully saturated rings. The number of halogens is 2. The summed E-state index contributed by atoms with van der Waals surface area (Å²) in [5.41, 5.74) is 2.69. The molecule has 5 nitrogen and oxygen atoms in total. The van der Waals surface area contributed by atoms with E-state index in [0.29, 0.717) is 30.9 Å². The summed E-state index contributed by atoms with van der Waals surface area (Å²) in [6, 6.07) is 20.8. The van der Waals surface area contributed by atoms with Gasteiger partial charge < -0.3 is 14.8 Å². The first kappa shape index (κ1) is 27.1. The van der Waals surface area contributed by atoms with Crippen LogP contribution in [0.4, 0.5) is 8.78 Å². The van der Waals surface area contributed by atoms with Crippen molar-refractivity contribution in [2.45, 2.75) is 44.7 Å². The number of methoxy groups -OCH3 is 1. The van der Waals surface area contributed by atoms with Crippen LogP contribution in [0.15, 0.2) is 72.8 Å². The molecule has 192 valence electrons. The molecule has 0 heterocycles. The van der Waals surface area contributed by atoms with Crippen molar-refractivity contribution in [1.29, 1.82) is 0 Å². The van der Waals surface area contributed by atoms with Crippen LogP contribution in [0.5, 0.6) is 11.5 Å². The fourth-order valence-electron chi connectivity index (χ4n) is 4.11. The molecule has 3 aromatic carbocycles. The van der Waals surface area contributed by atoms with Crippen LogP contribution in [0, 0.1) is 0 Å². The van der Waals surface area contributed by atoms with E-state index >= 15 is 0 Å². The molecule has 3 aromatic rings. The second kappa shape index (κ2) is 12.5. The molecule has 36 heavy (non-hydrogen) atoms. The summed E-state index contributed by atoms with van der Waals surface area (Å²) in [6.07, 6.45) is 1.25. The molecule has 2 atom stereocenters. The zero-order valence-corrected chi connectivity index (χ0v) is 21.2. The molecule has 0 aliphatic rings. The van der Waals surface area contributed by atoms with Gasteiger partial charge in [-0.3, -0.25) is 10.1 Å². The van der Waals surface area contributed by atoms with E-state index in [4.69, 9.17) is 9.47 Å². The average Bonchev–Trinajstić information content (AvgIpc) is 2.89. The molecule has 3 rings (SSSR count). The summed E-state index contributed by atoms with van der Waals surface area (Å²) < 4.78 is 38.5. The first-order valence-electron chi connectivity index (χ1n) is 12.1. The first-order chi connectivity index (χ1) is 17.3. The second-order valence-corrected chi connectivity index (χ2v) is 8.64. The molecule has 2 N–H and O–H groups in total. The van der Waals surface area contributed by atoms with Crippen LogP contribution >= 0.6 is 0 Å². The number of nitrogens with one attached hydrogen (secondary N) is 2. The highest BCUT2D eigenvalue weighted by molar-refractivity contribution is 5.83. The quantitative estimate of drug-likeness (QED) is 0.325.